The molecular weight excluding hydrogens is 140 g/mol. The van der Waals surface area contributed by atoms with Crippen molar-refractivity contribution < 1.29 is 0 Å². The summed E-state index contributed by atoms with van der Waals surface area (Å²) in [6, 6.07) is 0. The summed E-state index contributed by atoms with van der Waals surface area (Å²) >= 11 is 5.22. The molecule has 48 valence electrons. The number of aromatic nitrogens is 2. The number of anilines is 2. The van der Waals surface area contributed by atoms with Crippen LogP contribution in [-0.4, -0.2) is 9.97 Å². The van der Waals surface area contributed by atoms with Gasteiger partial charge in [-0.2, -0.15) is 0 Å². The van der Waals surface area contributed by atoms with Crippen LogP contribution in [0.1, 0.15) is 0 Å². The number of hydrogen-bond donors (Lipinski definition) is 2. The highest BCUT2D eigenvalue weighted by atomic mass is 35.5. The molecule has 0 saturated carbocycles. The average molecular weight is 145 g/mol. The molecule has 0 amide bonds. The van der Waals surface area contributed by atoms with Crippen molar-refractivity contribution in [3.63, 3.8) is 0 Å². The number of hydrogen-bond acceptors (Lipinski definition) is 4. The molecule has 1 aromatic rings. The Balaban J connectivity index is 3.01. The molecular formula is C4H5ClN4. The van der Waals surface area contributed by atoms with Crippen LogP contribution in [-0.2, 0) is 0 Å². The Kier molecular flexibility index (Phi) is 1.69. The first kappa shape index (κ1) is 6.10. The normalized spacial score (nSPS) is 9.00. The highest BCUT2D eigenvalue weighted by Gasteiger charge is 1.93. The molecule has 4 nitrogen and oxygen atoms in total. The molecule has 1 rings (SSSR count). The van der Waals surface area contributed by atoms with Gasteiger partial charge in [-0.3, -0.25) is 4.84 Å². The Hall–Kier alpha value is -1.03. The number of nitrogens with one attached hydrogen (secondary N) is 1. The lowest BCUT2D eigenvalue weighted by atomic mass is 10.5. The highest BCUT2D eigenvalue weighted by molar-refractivity contribution is 6.24. The topological polar surface area (TPSA) is 63.8 Å². The molecule has 3 N–H and O–H groups in total. The van der Waals surface area contributed by atoms with E-state index in [0.717, 1.165) is 0 Å². The summed E-state index contributed by atoms with van der Waals surface area (Å²) < 4.78 is 0. The molecule has 0 bridgehead atoms. The van der Waals surface area contributed by atoms with Crippen molar-refractivity contribution in [1.29, 1.82) is 0 Å². The third kappa shape index (κ3) is 1.20. The fraction of sp³-hybridized carbons (Fsp3) is 0. The van der Waals surface area contributed by atoms with Gasteiger partial charge in [0.15, 0.2) is 5.82 Å². The zero-order chi connectivity index (χ0) is 6.69. The molecule has 1 heterocycles. The predicted molar refractivity (Wildman–Crippen MR) is 35.9 cm³/mol. The second kappa shape index (κ2) is 2.50. The average Bonchev–Trinajstić information content (AvgIpc) is 1.89. The first-order valence-corrected chi connectivity index (χ1v) is 2.64. The Morgan fingerprint density at radius 1 is 1.67 bits per heavy atom. The van der Waals surface area contributed by atoms with E-state index in [1.807, 2.05) is 0 Å². The Morgan fingerprint density at radius 3 is 2.89 bits per heavy atom. The Bertz CT molecular complexity index is 202. The molecule has 1 aromatic heterocycles. The van der Waals surface area contributed by atoms with Crippen molar-refractivity contribution in [2.75, 3.05) is 10.6 Å². The zero-order valence-corrected chi connectivity index (χ0v) is 5.26. The van der Waals surface area contributed by atoms with Gasteiger partial charge in [0.05, 0.1) is 6.20 Å². The van der Waals surface area contributed by atoms with Crippen LogP contribution in [0.3, 0.4) is 0 Å². The molecule has 0 aromatic carbocycles. The maximum atomic E-state index is 5.33. The van der Waals surface area contributed by atoms with E-state index in [0.29, 0.717) is 11.5 Å². The maximum absolute atomic E-state index is 5.33. The molecule has 0 atom stereocenters. The lowest BCUT2D eigenvalue weighted by Gasteiger charge is -1.96. The lowest BCUT2D eigenvalue weighted by Crippen LogP contribution is -1.94. The molecule has 0 aliphatic rings. The summed E-state index contributed by atoms with van der Waals surface area (Å²) in [5, 5.41) is 0. The molecule has 0 spiro atoms. The fourth-order valence-corrected chi connectivity index (χ4v) is 0.557. The fourth-order valence-electron chi connectivity index (χ4n) is 0.412. The maximum Gasteiger partial charge on any atom is 0.151 e. The van der Waals surface area contributed by atoms with Crippen molar-refractivity contribution in [3.8, 4) is 0 Å². The monoisotopic (exact) mass is 144 g/mol. The number of halogens is 1. The molecule has 0 aliphatic carbocycles. The van der Waals surface area contributed by atoms with Gasteiger partial charge < -0.3 is 5.73 Å². The van der Waals surface area contributed by atoms with Gasteiger partial charge in [-0.1, -0.05) is 0 Å². The van der Waals surface area contributed by atoms with E-state index < -0.39 is 0 Å². The van der Waals surface area contributed by atoms with Crippen molar-refractivity contribution in [1.82, 2.24) is 9.97 Å². The minimum Gasteiger partial charge on any atom is -0.382 e. The minimum absolute atomic E-state index is 0.347. The van der Waals surface area contributed by atoms with E-state index in [2.05, 4.69) is 14.8 Å². The van der Waals surface area contributed by atoms with E-state index >= 15 is 0 Å². The van der Waals surface area contributed by atoms with Crippen LogP contribution in [0, 0.1) is 0 Å². The molecule has 0 aliphatic heterocycles. The summed E-state index contributed by atoms with van der Waals surface area (Å²) in [7, 11) is 0. The smallest absolute Gasteiger partial charge is 0.151 e. The highest BCUT2D eigenvalue weighted by Crippen LogP contribution is 2.11. The van der Waals surface area contributed by atoms with Crippen LogP contribution in [0.4, 0.5) is 11.5 Å². The zero-order valence-electron chi connectivity index (χ0n) is 4.50. The lowest BCUT2D eigenvalue weighted by molar-refractivity contribution is 1.18. The van der Waals surface area contributed by atoms with Gasteiger partial charge in [0.1, 0.15) is 12.0 Å². The minimum atomic E-state index is 0.347. The standard InChI is InChI=1S/C4H5ClN4/c5-9-3-1-7-2-8-4(3)6/h1-2,9H,(H2,6,7,8). The summed E-state index contributed by atoms with van der Waals surface area (Å²) in [6.07, 6.45) is 2.85. The molecule has 5 heteroatoms. The van der Waals surface area contributed by atoms with Crippen LogP contribution < -0.4 is 10.6 Å². The van der Waals surface area contributed by atoms with E-state index in [-0.39, 0.29) is 0 Å². The molecule has 0 saturated heterocycles. The SMILES string of the molecule is Nc1ncncc1NCl. The van der Waals surface area contributed by atoms with Gasteiger partial charge in [0.2, 0.25) is 0 Å². The van der Waals surface area contributed by atoms with Crippen LogP contribution in [0.15, 0.2) is 12.5 Å². The van der Waals surface area contributed by atoms with E-state index in [9.17, 15) is 0 Å². The van der Waals surface area contributed by atoms with Crippen molar-refractivity contribution in [2.24, 2.45) is 0 Å². The molecule has 0 radical (unpaired) electrons. The second-order valence-electron chi connectivity index (χ2n) is 1.42. The Morgan fingerprint density at radius 2 is 2.44 bits per heavy atom. The summed E-state index contributed by atoms with van der Waals surface area (Å²) in [5.74, 6) is 0.347. The van der Waals surface area contributed by atoms with Crippen LogP contribution in [0.2, 0.25) is 0 Å². The van der Waals surface area contributed by atoms with Gasteiger partial charge in [-0.25, -0.2) is 9.97 Å². The largest absolute Gasteiger partial charge is 0.382 e. The van der Waals surface area contributed by atoms with Gasteiger partial charge in [-0.15, -0.1) is 0 Å². The summed E-state index contributed by atoms with van der Waals surface area (Å²) in [6.45, 7) is 0. The molecule has 0 unspecified atom stereocenters. The van der Waals surface area contributed by atoms with Gasteiger partial charge in [0, 0.05) is 11.8 Å². The first-order chi connectivity index (χ1) is 4.34. The van der Waals surface area contributed by atoms with Crippen molar-refractivity contribution >= 4 is 23.3 Å². The number of rotatable bonds is 1. The number of nitrogens with two attached hydrogens (primary N) is 1. The summed E-state index contributed by atoms with van der Waals surface area (Å²) in [4.78, 5) is 9.67. The number of nitrogens with zero attached hydrogens (tertiary/aromatic N) is 2. The first-order valence-electron chi connectivity index (χ1n) is 2.26. The third-order valence-corrected chi connectivity index (χ3v) is 1.05. The van der Waals surface area contributed by atoms with Crippen LogP contribution in [0.5, 0.6) is 0 Å². The van der Waals surface area contributed by atoms with Crippen LogP contribution in [0.25, 0.3) is 0 Å². The van der Waals surface area contributed by atoms with E-state index in [4.69, 9.17) is 17.5 Å². The van der Waals surface area contributed by atoms with Gasteiger partial charge >= 0.3 is 0 Å². The van der Waals surface area contributed by atoms with Crippen molar-refractivity contribution in [3.05, 3.63) is 12.5 Å². The summed E-state index contributed by atoms with van der Waals surface area (Å²) in [5.41, 5.74) is 5.86. The third-order valence-electron chi connectivity index (χ3n) is 0.845. The van der Waals surface area contributed by atoms with E-state index in [1.165, 1.54) is 12.5 Å². The van der Waals surface area contributed by atoms with Crippen LogP contribution >= 0.6 is 11.8 Å². The second-order valence-corrected chi connectivity index (χ2v) is 1.61. The van der Waals surface area contributed by atoms with Crippen molar-refractivity contribution in [2.45, 2.75) is 0 Å². The number of nitrogen functional groups attached to an aromatic ring is 1. The Labute approximate surface area is 57.2 Å². The molecule has 9 heavy (non-hydrogen) atoms. The van der Waals surface area contributed by atoms with Gasteiger partial charge in [-0.05, 0) is 0 Å². The van der Waals surface area contributed by atoms with E-state index in [1.54, 1.807) is 0 Å². The predicted octanol–water partition coefficient (Wildman–Crippen LogP) is 0.625. The van der Waals surface area contributed by atoms with Gasteiger partial charge in [0.25, 0.3) is 0 Å². The quantitative estimate of drug-likeness (QED) is 0.568. The molecule has 0 fully saturated rings.